The Morgan fingerprint density at radius 3 is 2.81 bits per heavy atom. The molecular weight excluding hydrogens is 360 g/mol. The monoisotopic (exact) mass is 384 g/mol. The van der Waals surface area contributed by atoms with Gasteiger partial charge in [-0.3, -0.25) is 9.36 Å². The summed E-state index contributed by atoms with van der Waals surface area (Å²) in [7, 11) is 0. The summed E-state index contributed by atoms with van der Waals surface area (Å²) in [5.41, 5.74) is 1.84. The van der Waals surface area contributed by atoms with Crippen molar-refractivity contribution >= 4 is 22.7 Å². The Morgan fingerprint density at radius 2 is 2.00 bits per heavy atom. The van der Waals surface area contributed by atoms with Crippen molar-refractivity contribution in [3.8, 4) is 5.75 Å². The molecule has 6 heteroatoms. The molecule has 0 amide bonds. The van der Waals surface area contributed by atoms with Gasteiger partial charge < -0.3 is 9.84 Å². The molecule has 0 aliphatic carbocycles. The van der Waals surface area contributed by atoms with Crippen LogP contribution in [0.1, 0.15) is 18.4 Å². The number of benzene rings is 2. The van der Waals surface area contributed by atoms with Gasteiger partial charge in [-0.2, -0.15) is 0 Å². The van der Waals surface area contributed by atoms with Gasteiger partial charge in [-0.25, -0.2) is 4.98 Å². The lowest BCUT2D eigenvalue weighted by Crippen LogP contribution is -2.24. The Kier molecular flexibility index (Phi) is 6.90. The average molecular weight is 385 g/mol. The SMILES string of the molecule is Cc1cccc(OCCCSc2nc3ccccc3c(=O)n2CCCO)c1. The fourth-order valence-corrected chi connectivity index (χ4v) is 3.74. The molecule has 5 nitrogen and oxygen atoms in total. The van der Waals surface area contributed by atoms with E-state index >= 15 is 0 Å². The summed E-state index contributed by atoms with van der Waals surface area (Å²) in [6.45, 7) is 3.17. The predicted molar refractivity (Wildman–Crippen MR) is 110 cm³/mol. The number of aromatic nitrogens is 2. The molecule has 1 aromatic heterocycles. The molecule has 0 saturated heterocycles. The summed E-state index contributed by atoms with van der Waals surface area (Å²) >= 11 is 1.55. The topological polar surface area (TPSA) is 64.3 Å². The van der Waals surface area contributed by atoms with Crippen molar-refractivity contribution in [3.05, 3.63) is 64.4 Å². The van der Waals surface area contributed by atoms with Crippen LogP contribution in [0.4, 0.5) is 0 Å². The average Bonchev–Trinajstić information content (AvgIpc) is 2.67. The van der Waals surface area contributed by atoms with Crippen LogP contribution in [0, 0.1) is 6.92 Å². The first-order valence-corrected chi connectivity index (χ1v) is 10.1. The minimum absolute atomic E-state index is 0.0486. The van der Waals surface area contributed by atoms with E-state index in [0.717, 1.165) is 17.9 Å². The van der Waals surface area contributed by atoms with Gasteiger partial charge in [0.15, 0.2) is 5.16 Å². The molecule has 3 aromatic rings. The smallest absolute Gasteiger partial charge is 0.262 e. The van der Waals surface area contributed by atoms with Gasteiger partial charge in [-0.1, -0.05) is 36.0 Å². The van der Waals surface area contributed by atoms with Crippen LogP contribution in [0.5, 0.6) is 5.75 Å². The third kappa shape index (κ3) is 5.11. The van der Waals surface area contributed by atoms with E-state index in [1.165, 1.54) is 5.56 Å². The summed E-state index contributed by atoms with van der Waals surface area (Å²) in [6.07, 6.45) is 1.38. The molecule has 0 spiro atoms. The highest BCUT2D eigenvalue weighted by atomic mass is 32.2. The largest absolute Gasteiger partial charge is 0.494 e. The Balaban J connectivity index is 1.65. The Labute approximate surface area is 163 Å². The van der Waals surface area contributed by atoms with Crippen LogP contribution >= 0.6 is 11.8 Å². The third-order valence-corrected chi connectivity index (χ3v) is 5.21. The number of rotatable bonds is 9. The molecule has 142 valence electrons. The van der Waals surface area contributed by atoms with Gasteiger partial charge in [-0.15, -0.1) is 0 Å². The quantitative estimate of drug-likeness (QED) is 0.347. The van der Waals surface area contributed by atoms with E-state index in [1.54, 1.807) is 22.4 Å². The number of aryl methyl sites for hydroxylation is 1. The molecule has 3 rings (SSSR count). The minimum atomic E-state index is -0.0486. The zero-order valence-electron chi connectivity index (χ0n) is 15.4. The molecule has 0 unspecified atom stereocenters. The lowest BCUT2D eigenvalue weighted by atomic mass is 10.2. The number of fused-ring (bicyclic) bond motifs is 1. The molecule has 0 fully saturated rings. The lowest BCUT2D eigenvalue weighted by molar-refractivity contribution is 0.276. The summed E-state index contributed by atoms with van der Waals surface area (Å²) in [5.74, 6) is 1.68. The van der Waals surface area contributed by atoms with Crippen LogP contribution in [-0.4, -0.2) is 33.6 Å². The molecule has 1 heterocycles. The fraction of sp³-hybridized carbons (Fsp3) is 0.333. The summed E-state index contributed by atoms with van der Waals surface area (Å²) in [4.78, 5) is 17.4. The van der Waals surface area contributed by atoms with Gasteiger partial charge in [0, 0.05) is 18.9 Å². The number of hydrogen-bond acceptors (Lipinski definition) is 5. The van der Waals surface area contributed by atoms with Crippen LogP contribution in [0.15, 0.2) is 58.5 Å². The van der Waals surface area contributed by atoms with Gasteiger partial charge in [0.2, 0.25) is 0 Å². The first kappa shape index (κ1) is 19.5. The standard InChI is InChI=1S/C21H24N2O3S/c1-16-7-4-8-17(15-16)26-13-6-14-27-21-22-19-10-3-2-9-18(19)20(25)23(21)11-5-12-24/h2-4,7-10,15,24H,5-6,11-14H2,1H3. The highest BCUT2D eigenvalue weighted by Crippen LogP contribution is 2.19. The van der Waals surface area contributed by atoms with Crippen molar-refractivity contribution in [2.45, 2.75) is 31.5 Å². The molecule has 1 N–H and O–H groups in total. The number of ether oxygens (including phenoxy) is 1. The number of thioether (sulfide) groups is 1. The maximum atomic E-state index is 12.8. The van der Waals surface area contributed by atoms with Gasteiger partial charge in [0.1, 0.15) is 5.75 Å². The van der Waals surface area contributed by atoms with Gasteiger partial charge in [0.25, 0.3) is 5.56 Å². The summed E-state index contributed by atoms with van der Waals surface area (Å²) in [5, 5.41) is 10.4. The van der Waals surface area contributed by atoms with Crippen molar-refractivity contribution in [2.24, 2.45) is 0 Å². The van der Waals surface area contributed by atoms with E-state index in [1.807, 2.05) is 49.4 Å². The van der Waals surface area contributed by atoms with E-state index in [2.05, 4.69) is 4.98 Å². The Hall–Kier alpha value is -2.31. The zero-order valence-corrected chi connectivity index (χ0v) is 16.2. The van der Waals surface area contributed by atoms with E-state index in [0.29, 0.717) is 35.6 Å². The Bertz CT molecular complexity index is 956. The normalized spacial score (nSPS) is 11.0. The molecule has 0 radical (unpaired) electrons. The highest BCUT2D eigenvalue weighted by Gasteiger charge is 2.11. The number of aliphatic hydroxyl groups is 1. The van der Waals surface area contributed by atoms with E-state index < -0.39 is 0 Å². The minimum Gasteiger partial charge on any atom is -0.494 e. The van der Waals surface area contributed by atoms with E-state index in [4.69, 9.17) is 9.84 Å². The molecule has 0 atom stereocenters. The van der Waals surface area contributed by atoms with Crippen molar-refractivity contribution in [1.29, 1.82) is 0 Å². The lowest BCUT2D eigenvalue weighted by Gasteiger charge is -2.12. The van der Waals surface area contributed by atoms with Crippen molar-refractivity contribution < 1.29 is 9.84 Å². The van der Waals surface area contributed by atoms with Crippen molar-refractivity contribution in [3.63, 3.8) is 0 Å². The summed E-state index contributed by atoms with van der Waals surface area (Å²) in [6, 6.07) is 15.4. The highest BCUT2D eigenvalue weighted by molar-refractivity contribution is 7.99. The van der Waals surface area contributed by atoms with Crippen LogP contribution in [0.2, 0.25) is 0 Å². The maximum Gasteiger partial charge on any atom is 0.262 e. The predicted octanol–water partition coefficient (Wildman–Crippen LogP) is 3.65. The molecule has 0 aliphatic heterocycles. The number of aliphatic hydroxyl groups excluding tert-OH is 1. The Morgan fingerprint density at radius 1 is 1.15 bits per heavy atom. The molecule has 0 saturated carbocycles. The zero-order chi connectivity index (χ0) is 19.1. The second-order valence-electron chi connectivity index (χ2n) is 6.31. The number of nitrogens with zero attached hydrogens (tertiary/aromatic N) is 2. The molecular formula is C21H24N2O3S. The second-order valence-corrected chi connectivity index (χ2v) is 7.37. The second kappa shape index (κ2) is 9.58. The first-order chi connectivity index (χ1) is 13.2. The fourth-order valence-electron chi connectivity index (χ4n) is 2.80. The van der Waals surface area contributed by atoms with Crippen molar-refractivity contribution in [1.82, 2.24) is 9.55 Å². The van der Waals surface area contributed by atoms with Gasteiger partial charge in [-0.05, 0) is 49.6 Å². The molecule has 0 bridgehead atoms. The van der Waals surface area contributed by atoms with Gasteiger partial charge >= 0.3 is 0 Å². The molecule has 0 aliphatic rings. The van der Waals surface area contributed by atoms with Crippen LogP contribution in [0.25, 0.3) is 10.9 Å². The van der Waals surface area contributed by atoms with E-state index in [9.17, 15) is 4.79 Å². The molecule has 2 aromatic carbocycles. The van der Waals surface area contributed by atoms with Crippen LogP contribution < -0.4 is 10.3 Å². The number of para-hydroxylation sites is 1. The van der Waals surface area contributed by atoms with Gasteiger partial charge in [0.05, 0.1) is 17.5 Å². The van der Waals surface area contributed by atoms with Crippen LogP contribution in [-0.2, 0) is 6.54 Å². The maximum absolute atomic E-state index is 12.8. The van der Waals surface area contributed by atoms with E-state index in [-0.39, 0.29) is 12.2 Å². The third-order valence-electron chi connectivity index (χ3n) is 4.14. The van der Waals surface area contributed by atoms with Crippen LogP contribution in [0.3, 0.4) is 0 Å². The first-order valence-electron chi connectivity index (χ1n) is 9.12. The molecule has 27 heavy (non-hydrogen) atoms. The number of hydrogen-bond donors (Lipinski definition) is 1. The van der Waals surface area contributed by atoms with Crippen molar-refractivity contribution in [2.75, 3.05) is 19.0 Å². The summed E-state index contributed by atoms with van der Waals surface area (Å²) < 4.78 is 7.45.